The molecule has 0 aromatic carbocycles. The van der Waals surface area contributed by atoms with E-state index in [1.54, 1.807) is 4.90 Å². The molecule has 118 valence electrons. The molecule has 2 saturated heterocycles. The number of piperidine rings is 2. The summed E-state index contributed by atoms with van der Waals surface area (Å²) >= 11 is 0. The molecule has 0 unspecified atom stereocenters. The Morgan fingerprint density at radius 1 is 1.20 bits per heavy atom. The molecular weight excluding hydrogens is 269 g/mol. The van der Waals surface area contributed by atoms with Crippen molar-refractivity contribution in [2.24, 2.45) is 5.92 Å². The lowest BCUT2D eigenvalue weighted by Gasteiger charge is -2.43. The van der Waals surface area contributed by atoms with Crippen LogP contribution in [0.25, 0.3) is 0 Å². The second-order valence-corrected chi connectivity index (χ2v) is 6.31. The average molecular weight is 294 g/mol. The van der Waals surface area contributed by atoms with E-state index in [0.29, 0.717) is 32.5 Å². The third kappa shape index (κ3) is 4.09. The molecule has 3 nitrogen and oxygen atoms in total. The lowest BCUT2D eigenvalue weighted by Crippen LogP contribution is -2.56. The molecule has 0 aliphatic carbocycles. The molecule has 20 heavy (non-hydrogen) atoms. The van der Waals surface area contributed by atoms with Crippen LogP contribution in [0.5, 0.6) is 0 Å². The molecule has 0 bridgehead atoms. The summed E-state index contributed by atoms with van der Waals surface area (Å²) in [5.74, 6) is -1.23. The molecule has 0 radical (unpaired) electrons. The molecule has 6 heteroatoms. The Bertz CT molecular complexity index is 324. The molecule has 0 saturated carbocycles. The van der Waals surface area contributed by atoms with Crippen molar-refractivity contribution < 1.29 is 18.3 Å². The van der Waals surface area contributed by atoms with Gasteiger partial charge in [0.25, 0.3) is 0 Å². The maximum Gasteiger partial charge on any atom is 0.393 e. The Morgan fingerprint density at radius 2 is 1.90 bits per heavy atom. The number of rotatable bonds is 3. The molecule has 2 heterocycles. The normalized spacial score (nSPS) is 34.4. The third-order valence-corrected chi connectivity index (χ3v) is 4.57. The Kier molecular flexibility index (Phi) is 4.97. The van der Waals surface area contributed by atoms with Crippen LogP contribution >= 0.6 is 0 Å². The topological polar surface area (TPSA) is 26.7 Å². The van der Waals surface area contributed by atoms with Crippen LogP contribution < -0.4 is 0 Å². The first-order valence-electron chi connectivity index (χ1n) is 7.56. The maximum atomic E-state index is 12.8. The molecular formula is C14H25F3N2O. The fraction of sp³-hybridized carbons (Fsp3) is 1.00. The summed E-state index contributed by atoms with van der Waals surface area (Å²) in [5, 5.41) is 10.6. The minimum Gasteiger partial charge on any atom is -0.387 e. The van der Waals surface area contributed by atoms with Crippen molar-refractivity contribution in [3.05, 3.63) is 0 Å². The summed E-state index contributed by atoms with van der Waals surface area (Å²) in [6.07, 6.45) is -1.71. The molecule has 0 aromatic heterocycles. The summed E-state index contributed by atoms with van der Waals surface area (Å²) in [5.41, 5.74) is -0.845. The predicted molar refractivity (Wildman–Crippen MR) is 71.5 cm³/mol. The van der Waals surface area contributed by atoms with Gasteiger partial charge in [-0.15, -0.1) is 0 Å². The molecule has 2 atom stereocenters. The monoisotopic (exact) mass is 294 g/mol. The second kappa shape index (κ2) is 6.20. The van der Waals surface area contributed by atoms with Crippen LogP contribution in [0.3, 0.4) is 0 Å². The predicted octanol–water partition coefficient (Wildman–Crippen LogP) is 2.11. The number of hydrogen-bond acceptors (Lipinski definition) is 3. The van der Waals surface area contributed by atoms with Crippen LogP contribution in [0.15, 0.2) is 0 Å². The highest BCUT2D eigenvalue weighted by Crippen LogP contribution is 2.34. The Balaban J connectivity index is 1.91. The number of alkyl halides is 3. The largest absolute Gasteiger partial charge is 0.393 e. The van der Waals surface area contributed by atoms with Gasteiger partial charge in [0.05, 0.1) is 11.5 Å². The van der Waals surface area contributed by atoms with Crippen LogP contribution in [0, 0.1) is 5.92 Å². The van der Waals surface area contributed by atoms with E-state index in [-0.39, 0.29) is 13.0 Å². The van der Waals surface area contributed by atoms with Gasteiger partial charge in [-0.2, -0.15) is 13.2 Å². The van der Waals surface area contributed by atoms with Gasteiger partial charge in [0.15, 0.2) is 0 Å². The van der Waals surface area contributed by atoms with Crippen molar-refractivity contribution >= 4 is 0 Å². The van der Waals surface area contributed by atoms with E-state index in [0.717, 1.165) is 19.5 Å². The van der Waals surface area contributed by atoms with Crippen LogP contribution in [0.1, 0.15) is 32.6 Å². The van der Waals surface area contributed by atoms with E-state index in [9.17, 15) is 18.3 Å². The summed E-state index contributed by atoms with van der Waals surface area (Å²) in [7, 11) is 0. The molecule has 2 fully saturated rings. The SMILES string of the molecule is CCN1CCC[C@](O)(CN2CCC[C@H](C(F)(F)F)C2)C1. The highest BCUT2D eigenvalue weighted by atomic mass is 19.4. The zero-order valence-corrected chi connectivity index (χ0v) is 12.1. The molecule has 0 aromatic rings. The van der Waals surface area contributed by atoms with Crippen molar-refractivity contribution in [2.45, 2.75) is 44.4 Å². The fourth-order valence-electron chi connectivity index (χ4n) is 3.49. The number of nitrogens with zero attached hydrogens (tertiary/aromatic N) is 2. The molecule has 0 spiro atoms. The van der Waals surface area contributed by atoms with Gasteiger partial charge >= 0.3 is 6.18 Å². The lowest BCUT2D eigenvalue weighted by molar-refractivity contribution is -0.189. The zero-order chi connectivity index (χ0) is 14.8. The maximum absolute atomic E-state index is 12.8. The lowest BCUT2D eigenvalue weighted by atomic mass is 9.90. The van der Waals surface area contributed by atoms with Gasteiger partial charge in [0, 0.05) is 19.6 Å². The van der Waals surface area contributed by atoms with Crippen molar-refractivity contribution in [1.82, 2.24) is 9.80 Å². The third-order valence-electron chi connectivity index (χ3n) is 4.57. The van der Waals surface area contributed by atoms with Gasteiger partial charge in [-0.05, 0) is 45.3 Å². The Labute approximate surface area is 118 Å². The van der Waals surface area contributed by atoms with E-state index in [2.05, 4.69) is 4.90 Å². The summed E-state index contributed by atoms with van der Waals surface area (Å²) in [6.45, 7) is 5.56. The minimum atomic E-state index is -4.11. The van der Waals surface area contributed by atoms with E-state index >= 15 is 0 Å². The van der Waals surface area contributed by atoms with Crippen molar-refractivity contribution in [1.29, 1.82) is 0 Å². The first kappa shape index (κ1) is 16.0. The Hall–Kier alpha value is -0.330. The fourth-order valence-corrected chi connectivity index (χ4v) is 3.49. The number of hydrogen-bond donors (Lipinski definition) is 1. The van der Waals surface area contributed by atoms with E-state index in [4.69, 9.17) is 0 Å². The first-order valence-corrected chi connectivity index (χ1v) is 7.56. The van der Waals surface area contributed by atoms with Gasteiger partial charge in [-0.25, -0.2) is 0 Å². The van der Waals surface area contributed by atoms with Gasteiger partial charge in [0.1, 0.15) is 0 Å². The van der Waals surface area contributed by atoms with Crippen molar-refractivity contribution in [3.8, 4) is 0 Å². The first-order chi connectivity index (χ1) is 9.32. The van der Waals surface area contributed by atoms with Gasteiger partial charge < -0.3 is 10.0 Å². The minimum absolute atomic E-state index is 0.0396. The summed E-state index contributed by atoms with van der Waals surface area (Å²) in [4.78, 5) is 3.98. The number of halogens is 3. The highest BCUT2D eigenvalue weighted by molar-refractivity contribution is 4.91. The standard InChI is InChI=1S/C14H25F3N2O/c1-2-18-8-4-6-13(20,10-18)11-19-7-3-5-12(9-19)14(15,16)17/h12,20H,2-11H2,1H3/t12-,13+/m0/s1. The van der Waals surface area contributed by atoms with Gasteiger partial charge in [-0.1, -0.05) is 6.92 Å². The molecule has 1 N–H and O–H groups in total. The van der Waals surface area contributed by atoms with Gasteiger partial charge in [-0.3, -0.25) is 4.90 Å². The van der Waals surface area contributed by atoms with Crippen molar-refractivity contribution in [2.75, 3.05) is 39.3 Å². The Morgan fingerprint density at radius 3 is 2.55 bits per heavy atom. The molecule has 2 rings (SSSR count). The summed E-state index contributed by atoms with van der Waals surface area (Å²) in [6, 6.07) is 0. The molecule has 2 aliphatic rings. The van der Waals surface area contributed by atoms with Crippen LogP contribution in [-0.4, -0.2) is 66.0 Å². The van der Waals surface area contributed by atoms with Crippen molar-refractivity contribution in [3.63, 3.8) is 0 Å². The highest BCUT2D eigenvalue weighted by Gasteiger charge is 2.43. The van der Waals surface area contributed by atoms with Crippen LogP contribution in [0.4, 0.5) is 13.2 Å². The quantitative estimate of drug-likeness (QED) is 0.863. The van der Waals surface area contributed by atoms with E-state index < -0.39 is 17.7 Å². The number of likely N-dealkylation sites (tertiary alicyclic amines) is 2. The van der Waals surface area contributed by atoms with Crippen LogP contribution in [0.2, 0.25) is 0 Å². The molecule has 2 aliphatic heterocycles. The summed E-state index contributed by atoms with van der Waals surface area (Å²) < 4.78 is 38.4. The van der Waals surface area contributed by atoms with Crippen LogP contribution in [-0.2, 0) is 0 Å². The molecule has 0 amide bonds. The average Bonchev–Trinajstić information content (AvgIpc) is 2.37. The second-order valence-electron chi connectivity index (χ2n) is 6.31. The van der Waals surface area contributed by atoms with E-state index in [1.165, 1.54) is 0 Å². The van der Waals surface area contributed by atoms with Gasteiger partial charge in [0.2, 0.25) is 0 Å². The number of aliphatic hydroxyl groups is 1. The number of β-amino-alcohol motifs (C(OH)–C–C–N with tert-alkyl or cyclic N) is 1. The number of likely N-dealkylation sites (N-methyl/N-ethyl adjacent to an activating group) is 1. The smallest absolute Gasteiger partial charge is 0.387 e. The zero-order valence-electron chi connectivity index (χ0n) is 12.1. The van der Waals surface area contributed by atoms with E-state index in [1.807, 2.05) is 6.92 Å².